The summed E-state index contributed by atoms with van der Waals surface area (Å²) in [5.41, 5.74) is 0.536. The van der Waals surface area contributed by atoms with E-state index in [9.17, 15) is 4.79 Å². The van der Waals surface area contributed by atoms with E-state index < -0.39 is 0 Å². The van der Waals surface area contributed by atoms with E-state index in [-0.39, 0.29) is 17.7 Å². The Hall–Kier alpha value is -2.18. The maximum absolute atomic E-state index is 12.5. The lowest BCUT2D eigenvalue weighted by Gasteiger charge is -2.30. The molecule has 3 heterocycles. The number of aromatic amines is 1. The van der Waals surface area contributed by atoms with Gasteiger partial charge in [-0.1, -0.05) is 19.0 Å². The zero-order valence-electron chi connectivity index (χ0n) is 13.2. The summed E-state index contributed by atoms with van der Waals surface area (Å²) in [5, 5.41) is 4.09. The van der Waals surface area contributed by atoms with E-state index in [0.717, 1.165) is 25.2 Å². The number of nitrogens with zero attached hydrogens (tertiary/aromatic N) is 4. The van der Waals surface area contributed by atoms with Crippen LogP contribution in [0.3, 0.4) is 0 Å². The van der Waals surface area contributed by atoms with Gasteiger partial charge in [0, 0.05) is 24.9 Å². The lowest BCUT2D eigenvalue weighted by Crippen LogP contribution is -2.39. The van der Waals surface area contributed by atoms with E-state index in [4.69, 9.17) is 4.52 Å². The summed E-state index contributed by atoms with van der Waals surface area (Å²) in [6, 6.07) is 0. The van der Waals surface area contributed by atoms with E-state index >= 15 is 0 Å². The monoisotopic (exact) mass is 303 g/mol. The summed E-state index contributed by atoms with van der Waals surface area (Å²) < 4.78 is 5.28. The van der Waals surface area contributed by atoms with Crippen molar-refractivity contribution in [1.29, 1.82) is 0 Å². The van der Waals surface area contributed by atoms with Gasteiger partial charge in [-0.2, -0.15) is 4.98 Å². The van der Waals surface area contributed by atoms with Crippen molar-refractivity contribution in [3.05, 3.63) is 29.4 Å². The molecule has 0 radical (unpaired) electrons. The Morgan fingerprint density at radius 1 is 1.50 bits per heavy atom. The number of piperidine rings is 1. The third kappa shape index (κ3) is 2.88. The van der Waals surface area contributed by atoms with Crippen LogP contribution in [0, 0.1) is 6.92 Å². The quantitative estimate of drug-likeness (QED) is 0.939. The second-order valence-corrected chi connectivity index (χ2v) is 6.12. The van der Waals surface area contributed by atoms with Crippen LogP contribution < -0.4 is 0 Å². The Bertz CT molecular complexity index is 660. The normalized spacial score (nSPS) is 18.9. The summed E-state index contributed by atoms with van der Waals surface area (Å²) in [5.74, 6) is 2.45. The minimum atomic E-state index is -0.0159. The molecule has 2 aromatic heterocycles. The number of aromatic nitrogens is 4. The average molecular weight is 303 g/mol. The molecular formula is C15H21N5O2. The van der Waals surface area contributed by atoms with Gasteiger partial charge in [0.1, 0.15) is 11.5 Å². The van der Waals surface area contributed by atoms with Crippen molar-refractivity contribution < 1.29 is 9.32 Å². The van der Waals surface area contributed by atoms with Gasteiger partial charge in [-0.3, -0.25) is 4.79 Å². The fourth-order valence-corrected chi connectivity index (χ4v) is 2.72. The van der Waals surface area contributed by atoms with Gasteiger partial charge in [-0.25, -0.2) is 4.98 Å². The van der Waals surface area contributed by atoms with E-state index in [0.29, 0.717) is 24.0 Å². The van der Waals surface area contributed by atoms with Gasteiger partial charge in [0.25, 0.3) is 5.91 Å². The number of aryl methyl sites for hydroxylation is 1. The molecule has 3 rings (SSSR count). The molecule has 1 atom stereocenters. The molecule has 118 valence electrons. The Kier molecular flexibility index (Phi) is 3.96. The van der Waals surface area contributed by atoms with Crippen molar-refractivity contribution in [3.8, 4) is 0 Å². The second kappa shape index (κ2) is 5.90. The number of amides is 1. The van der Waals surface area contributed by atoms with Crippen LogP contribution >= 0.6 is 0 Å². The summed E-state index contributed by atoms with van der Waals surface area (Å²) >= 11 is 0. The van der Waals surface area contributed by atoms with Crippen LogP contribution in [-0.4, -0.2) is 44.0 Å². The van der Waals surface area contributed by atoms with Crippen LogP contribution in [0.5, 0.6) is 0 Å². The first kappa shape index (κ1) is 14.7. The summed E-state index contributed by atoms with van der Waals surface area (Å²) in [6.45, 7) is 7.25. The molecule has 1 aliphatic heterocycles. The Balaban J connectivity index is 1.72. The maximum atomic E-state index is 12.5. The number of H-pyrrole nitrogens is 1. The molecule has 1 aliphatic rings. The van der Waals surface area contributed by atoms with Gasteiger partial charge in [-0.15, -0.1) is 0 Å². The van der Waals surface area contributed by atoms with E-state index in [1.807, 2.05) is 25.7 Å². The molecule has 1 N–H and O–H groups in total. The van der Waals surface area contributed by atoms with Gasteiger partial charge in [0.15, 0.2) is 5.82 Å². The fraction of sp³-hybridized carbons (Fsp3) is 0.600. The zero-order valence-corrected chi connectivity index (χ0v) is 13.2. The predicted molar refractivity (Wildman–Crippen MR) is 79.6 cm³/mol. The van der Waals surface area contributed by atoms with Crippen molar-refractivity contribution in [3.63, 3.8) is 0 Å². The molecular weight excluding hydrogens is 282 g/mol. The molecule has 22 heavy (non-hydrogen) atoms. The minimum Gasteiger partial charge on any atom is -0.339 e. The van der Waals surface area contributed by atoms with Crippen molar-refractivity contribution in [2.45, 2.75) is 45.4 Å². The van der Waals surface area contributed by atoms with Crippen LogP contribution in [0.4, 0.5) is 0 Å². The molecule has 0 saturated carbocycles. The van der Waals surface area contributed by atoms with Gasteiger partial charge in [0.05, 0.1) is 6.20 Å². The summed E-state index contributed by atoms with van der Waals surface area (Å²) in [4.78, 5) is 25.9. The number of rotatable bonds is 3. The minimum absolute atomic E-state index is 0.0159. The average Bonchev–Trinajstić information content (AvgIpc) is 3.15. The van der Waals surface area contributed by atoms with Crippen molar-refractivity contribution in [2.75, 3.05) is 13.1 Å². The highest BCUT2D eigenvalue weighted by Crippen LogP contribution is 2.26. The molecule has 0 unspecified atom stereocenters. The van der Waals surface area contributed by atoms with Crippen molar-refractivity contribution in [2.24, 2.45) is 0 Å². The summed E-state index contributed by atoms with van der Waals surface area (Å²) in [7, 11) is 0. The number of likely N-dealkylation sites (tertiary alicyclic amines) is 1. The van der Waals surface area contributed by atoms with E-state index in [2.05, 4.69) is 20.1 Å². The van der Waals surface area contributed by atoms with Crippen LogP contribution in [0.1, 0.15) is 66.6 Å². The molecule has 0 spiro atoms. The number of hydrogen-bond acceptors (Lipinski definition) is 5. The van der Waals surface area contributed by atoms with Crippen molar-refractivity contribution in [1.82, 2.24) is 25.0 Å². The lowest BCUT2D eigenvalue weighted by molar-refractivity contribution is 0.0698. The lowest BCUT2D eigenvalue weighted by atomic mass is 9.97. The third-order valence-corrected chi connectivity index (χ3v) is 3.96. The maximum Gasteiger partial charge on any atom is 0.271 e. The van der Waals surface area contributed by atoms with Crippen molar-refractivity contribution >= 4 is 5.91 Å². The molecule has 7 nitrogen and oxygen atoms in total. The first-order valence-corrected chi connectivity index (χ1v) is 7.69. The van der Waals surface area contributed by atoms with E-state index in [1.165, 1.54) is 0 Å². The number of carbonyl (C=O) groups excluding carboxylic acids is 1. The summed E-state index contributed by atoms with van der Waals surface area (Å²) in [6.07, 6.45) is 3.50. The topological polar surface area (TPSA) is 87.9 Å². The standard InChI is InChI=1S/C15H21N5O2/c1-9(2)14-18-13(19-22-14)11-5-4-6-20(8-11)15(21)12-7-16-10(3)17-12/h7,9,11H,4-6,8H2,1-3H3,(H,16,17)/t11-/m1/s1. The molecule has 0 bridgehead atoms. The highest BCUT2D eigenvalue weighted by Gasteiger charge is 2.29. The van der Waals surface area contributed by atoms with Gasteiger partial charge in [0.2, 0.25) is 5.89 Å². The molecule has 2 aromatic rings. The highest BCUT2D eigenvalue weighted by molar-refractivity contribution is 5.92. The molecule has 7 heteroatoms. The first-order chi connectivity index (χ1) is 10.5. The predicted octanol–water partition coefficient (Wildman–Crippen LogP) is 2.24. The molecule has 1 saturated heterocycles. The van der Waals surface area contributed by atoms with Crippen LogP contribution in [-0.2, 0) is 0 Å². The van der Waals surface area contributed by atoms with Gasteiger partial charge >= 0.3 is 0 Å². The van der Waals surface area contributed by atoms with Gasteiger partial charge in [-0.05, 0) is 19.8 Å². The van der Waals surface area contributed by atoms with Crippen LogP contribution in [0.2, 0.25) is 0 Å². The SMILES string of the molecule is Cc1ncc(C(=O)N2CCC[C@@H](c3noc(C(C)C)n3)C2)[nH]1. The highest BCUT2D eigenvalue weighted by atomic mass is 16.5. The number of nitrogens with one attached hydrogen (secondary N) is 1. The smallest absolute Gasteiger partial charge is 0.271 e. The Morgan fingerprint density at radius 3 is 2.95 bits per heavy atom. The first-order valence-electron chi connectivity index (χ1n) is 7.69. The van der Waals surface area contributed by atoms with E-state index in [1.54, 1.807) is 6.20 Å². The molecule has 1 amide bonds. The van der Waals surface area contributed by atoms with Crippen LogP contribution in [0.25, 0.3) is 0 Å². The Labute approximate surface area is 129 Å². The zero-order chi connectivity index (χ0) is 15.7. The largest absolute Gasteiger partial charge is 0.339 e. The molecule has 1 fully saturated rings. The number of imidazole rings is 1. The molecule has 0 aliphatic carbocycles. The Morgan fingerprint density at radius 2 is 2.32 bits per heavy atom. The van der Waals surface area contributed by atoms with Crippen LogP contribution in [0.15, 0.2) is 10.7 Å². The fourth-order valence-electron chi connectivity index (χ4n) is 2.72. The number of carbonyl (C=O) groups is 1. The molecule has 0 aromatic carbocycles. The number of hydrogen-bond donors (Lipinski definition) is 1. The van der Waals surface area contributed by atoms with Gasteiger partial charge < -0.3 is 14.4 Å². The third-order valence-electron chi connectivity index (χ3n) is 3.96. The second-order valence-electron chi connectivity index (χ2n) is 6.12.